The molecule has 0 unspecified atom stereocenters. The van der Waals surface area contributed by atoms with E-state index < -0.39 is 0 Å². The van der Waals surface area contributed by atoms with Crippen LogP contribution in [-0.4, -0.2) is 15.0 Å². The molecule has 7 aromatic rings. The van der Waals surface area contributed by atoms with Gasteiger partial charge in [0, 0.05) is 32.5 Å². The first-order chi connectivity index (χ1) is 23.3. The molecule has 3 nitrogen and oxygen atoms in total. The molecule has 1 aliphatic rings. The van der Waals surface area contributed by atoms with Crippen molar-refractivity contribution < 1.29 is 20.1 Å². The number of nitrogens with zero attached hydrogens (tertiary/aromatic N) is 3. The molecular weight excluding hydrogens is 775 g/mol. The van der Waals surface area contributed by atoms with Crippen molar-refractivity contribution >= 4 is 0 Å². The molecule has 0 amide bonds. The van der Waals surface area contributed by atoms with E-state index in [1.54, 1.807) is 0 Å². The average molecular weight is 812 g/mol. The van der Waals surface area contributed by atoms with Gasteiger partial charge in [-0.1, -0.05) is 143 Å². The molecular formula is C45H37IrN3-2. The summed E-state index contributed by atoms with van der Waals surface area (Å²) in [6.07, 6.45) is 8.90. The van der Waals surface area contributed by atoms with Crippen LogP contribution in [0.3, 0.4) is 0 Å². The average Bonchev–Trinajstić information content (AvgIpc) is 3.15. The zero-order chi connectivity index (χ0) is 33.1. The van der Waals surface area contributed by atoms with Crippen LogP contribution in [0.25, 0.3) is 44.8 Å². The second-order valence-electron chi connectivity index (χ2n) is 13.2. The molecule has 3 aromatic heterocycles. The third kappa shape index (κ3) is 6.68. The second-order valence-corrected chi connectivity index (χ2v) is 13.2. The van der Waals surface area contributed by atoms with E-state index >= 15 is 0 Å². The molecule has 49 heavy (non-hydrogen) atoms. The smallest absolute Gasteiger partial charge is 0.0166 e. The summed E-state index contributed by atoms with van der Waals surface area (Å²) < 4.78 is 0. The molecule has 4 heteroatoms. The predicted molar refractivity (Wildman–Crippen MR) is 196 cm³/mol. The summed E-state index contributed by atoms with van der Waals surface area (Å²) in [5.41, 5.74) is 13.7. The number of benzene rings is 4. The molecule has 0 saturated carbocycles. The Labute approximate surface area is 303 Å². The van der Waals surface area contributed by atoms with Crippen LogP contribution in [0.2, 0.25) is 0 Å². The summed E-state index contributed by atoms with van der Waals surface area (Å²) in [5.74, 6) is 0. The van der Waals surface area contributed by atoms with Crippen molar-refractivity contribution in [1.29, 1.82) is 0 Å². The molecule has 0 saturated heterocycles. The SMILES string of the molecule is CC1(C)c2ccccc2C(C)(C)c2c(-c3ccccn3)[c-]ncc21.[Ir].[c-]1ccc(-c2ccccc2)cc1-c1cc(-c2ccccc2)ccn1. The first-order valence-electron chi connectivity index (χ1n) is 16.4. The van der Waals surface area contributed by atoms with Gasteiger partial charge < -0.3 is 15.0 Å². The van der Waals surface area contributed by atoms with E-state index in [4.69, 9.17) is 0 Å². The van der Waals surface area contributed by atoms with Gasteiger partial charge >= 0.3 is 0 Å². The number of hydrogen-bond donors (Lipinski definition) is 0. The van der Waals surface area contributed by atoms with Gasteiger partial charge in [-0.05, 0) is 68.4 Å². The van der Waals surface area contributed by atoms with Gasteiger partial charge in [-0.2, -0.15) is 0 Å². The van der Waals surface area contributed by atoms with E-state index in [0.717, 1.165) is 22.5 Å². The Morgan fingerprint density at radius 1 is 0.510 bits per heavy atom. The van der Waals surface area contributed by atoms with E-state index in [1.807, 2.05) is 61.1 Å². The molecule has 1 radical (unpaired) electrons. The van der Waals surface area contributed by atoms with Crippen molar-refractivity contribution in [3.63, 3.8) is 0 Å². The van der Waals surface area contributed by atoms with Crippen LogP contribution in [0.1, 0.15) is 49.9 Å². The Bertz CT molecular complexity index is 2090. The third-order valence-electron chi connectivity index (χ3n) is 9.43. The third-order valence-corrected chi connectivity index (χ3v) is 9.43. The van der Waals surface area contributed by atoms with Gasteiger partial charge in [0.1, 0.15) is 0 Å². The number of fused-ring (bicyclic) bond motifs is 2. The number of aromatic nitrogens is 3. The van der Waals surface area contributed by atoms with Gasteiger partial charge in [0.2, 0.25) is 0 Å². The van der Waals surface area contributed by atoms with Crippen molar-refractivity contribution in [2.24, 2.45) is 0 Å². The Morgan fingerprint density at radius 2 is 1.10 bits per heavy atom. The zero-order valence-electron chi connectivity index (χ0n) is 28.1. The molecule has 0 bridgehead atoms. The largest absolute Gasteiger partial charge is 0.360 e. The minimum Gasteiger partial charge on any atom is -0.360 e. The molecule has 8 rings (SSSR count). The van der Waals surface area contributed by atoms with E-state index in [1.165, 1.54) is 44.5 Å². The first kappa shape index (κ1) is 33.9. The number of hydrogen-bond acceptors (Lipinski definition) is 3. The van der Waals surface area contributed by atoms with Gasteiger partial charge in [0.15, 0.2) is 0 Å². The molecule has 3 heterocycles. The summed E-state index contributed by atoms with van der Waals surface area (Å²) in [7, 11) is 0. The number of pyridine rings is 3. The fraction of sp³-hybridized carbons (Fsp3) is 0.133. The molecule has 0 fully saturated rings. The quantitative estimate of drug-likeness (QED) is 0.166. The van der Waals surface area contributed by atoms with Crippen LogP contribution in [0.15, 0.2) is 152 Å². The minimum atomic E-state index is -0.117. The van der Waals surface area contributed by atoms with Crippen LogP contribution >= 0.6 is 0 Å². The summed E-state index contributed by atoms with van der Waals surface area (Å²) in [6, 6.07) is 49.2. The van der Waals surface area contributed by atoms with Gasteiger partial charge in [-0.15, -0.1) is 46.5 Å². The normalized spacial score (nSPS) is 13.5. The maximum absolute atomic E-state index is 4.56. The van der Waals surface area contributed by atoms with Gasteiger partial charge in [-0.25, -0.2) is 0 Å². The van der Waals surface area contributed by atoms with Crippen LogP contribution in [-0.2, 0) is 30.9 Å². The monoisotopic (exact) mass is 812 g/mol. The topological polar surface area (TPSA) is 38.7 Å². The Morgan fingerprint density at radius 3 is 1.76 bits per heavy atom. The second kappa shape index (κ2) is 14.2. The fourth-order valence-corrected chi connectivity index (χ4v) is 6.90. The van der Waals surface area contributed by atoms with Crippen LogP contribution < -0.4 is 0 Å². The molecule has 0 aliphatic heterocycles. The van der Waals surface area contributed by atoms with Crippen molar-refractivity contribution in [2.45, 2.75) is 38.5 Å². The van der Waals surface area contributed by atoms with Crippen LogP contribution in [0.4, 0.5) is 0 Å². The number of rotatable bonds is 4. The summed E-state index contributed by atoms with van der Waals surface area (Å²) in [5, 5.41) is 0. The summed E-state index contributed by atoms with van der Waals surface area (Å²) >= 11 is 0. The fourth-order valence-electron chi connectivity index (χ4n) is 6.90. The molecule has 0 atom stereocenters. The van der Waals surface area contributed by atoms with Crippen molar-refractivity contribution in [2.75, 3.05) is 0 Å². The van der Waals surface area contributed by atoms with E-state index in [2.05, 4.69) is 146 Å². The Hall–Kier alpha value is -5.02. The Kier molecular flexibility index (Phi) is 9.83. The summed E-state index contributed by atoms with van der Waals surface area (Å²) in [4.78, 5) is 13.5. The van der Waals surface area contributed by atoms with Crippen LogP contribution in [0, 0.1) is 12.3 Å². The van der Waals surface area contributed by atoms with Gasteiger partial charge in [0.25, 0.3) is 0 Å². The molecule has 4 aromatic carbocycles. The van der Waals surface area contributed by atoms with Crippen molar-refractivity contribution in [1.82, 2.24) is 15.0 Å². The molecule has 243 valence electrons. The standard InChI is InChI=1S/C23H16N.C22H21N2.Ir/c1-3-8-18(9-4-1)20-12-7-13-22(16-20)23-17-21(14-15-24-23)19-10-5-2-6-11-19;1-21(2)16-9-5-6-10-17(16)22(3,4)20-15(13-23-14-18(20)21)19-11-7-8-12-24-19;/h1-12,14-17H;5-12,14H,1-4H3;/q2*-1;. The van der Waals surface area contributed by atoms with Crippen molar-refractivity contribution in [3.05, 3.63) is 187 Å². The summed E-state index contributed by atoms with van der Waals surface area (Å²) in [6.45, 7) is 9.15. The van der Waals surface area contributed by atoms with Crippen LogP contribution in [0.5, 0.6) is 0 Å². The first-order valence-corrected chi connectivity index (χ1v) is 16.4. The minimum absolute atomic E-state index is 0. The van der Waals surface area contributed by atoms with Gasteiger partial charge in [-0.3, -0.25) is 0 Å². The van der Waals surface area contributed by atoms with E-state index in [-0.39, 0.29) is 30.9 Å². The molecule has 0 spiro atoms. The maximum atomic E-state index is 4.56. The zero-order valence-corrected chi connectivity index (χ0v) is 30.5. The molecule has 0 N–H and O–H groups in total. The van der Waals surface area contributed by atoms with E-state index in [0.29, 0.717) is 0 Å². The van der Waals surface area contributed by atoms with E-state index in [9.17, 15) is 0 Å². The molecule has 1 aliphatic carbocycles. The predicted octanol–water partition coefficient (Wildman–Crippen LogP) is 10.8. The Balaban J connectivity index is 0.000000167. The maximum Gasteiger partial charge on any atom is 0.0166 e. The van der Waals surface area contributed by atoms with Gasteiger partial charge in [0.05, 0.1) is 0 Å². The van der Waals surface area contributed by atoms with Crippen molar-refractivity contribution in [3.8, 4) is 44.8 Å².